The van der Waals surface area contributed by atoms with Gasteiger partial charge >= 0.3 is 5.69 Å². The predicted octanol–water partition coefficient (Wildman–Crippen LogP) is 0.155. The van der Waals surface area contributed by atoms with Gasteiger partial charge in [0.25, 0.3) is 5.56 Å². The first-order valence-electron chi connectivity index (χ1n) is 8.73. The molecule has 140 valence electrons. The molecular weight excluding hydrogens is 348 g/mol. The lowest BCUT2D eigenvalue weighted by atomic mass is 10.2. The van der Waals surface area contributed by atoms with Gasteiger partial charge in [-0.2, -0.15) is 0 Å². The molecule has 8 nitrogen and oxygen atoms in total. The fourth-order valence-electron chi connectivity index (χ4n) is 3.35. The van der Waals surface area contributed by atoms with Crippen LogP contribution in [0.15, 0.2) is 56.7 Å². The van der Waals surface area contributed by atoms with E-state index >= 15 is 0 Å². The minimum atomic E-state index is -0.420. The molecule has 4 rings (SSSR count). The van der Waals surface area contributed by atoms with Crippen molar-refractivity contribution in [1.82, 2.24) is 9.55 Å². The summed E-state index contributed by atoms with van der Waals surface area (Å²) in [4.78, 5) is 28.3. The van der Waals surface area contributed by atoms with Crippen LogP contribution in [0.4, 0.5) is 5.82 Å². The van der Waals surface area contributed by atoms with E-state index in [9.17, 15) is 9.59 Å². The van der Waals surface area contributed by atoms with Crippen molar-refractivity contribution in [2.75, 3.05) is 19.1 Å². The van der Waals surface area contributed by atoms with Gasteiger partial charge in [-0.05, 0) is 29.8 Å². The molecular formula is C19H21N4O4+. The average molecular weight is 369 g/mol. The van der Waals surface area contributed by atoms with E-state index in [0.717, 1.165) is 22.0 Å². The van der Waals surface area contributed by atoms with Gasteiger partial charge in [-0.1, -0.05) is 12.1 Å². The molecule has 1 aromatic carbocycles. The number of hydrogen-bond donors (Lipinski definition) is 3. The summed E-state index contributed by atoms with van der Waals surface area (Å²) in [5, 5.41) is 3.26. The Labute approximate surface area is 155 Å². The molecule has 0 amide bonds. The van der Waals surface area contributed by atoms with Gasteiger partial charge in [0.15, 0.2) is 12.4 Å². The van der Waals surface area contributed by atoms with Crippen molar-refractivity contribution in [2.24, 2.45) is 0 Å². The van der Waals surface area contributed by atoms with Crippen LogP contribution in [0.1, 0.15) is 16.9 Å². The number of nitrogens with zero attached hydrogens (tertiary/aromatic N) is 1. The number of benzene rings is 1. The number of fused-ring (bicyclic) bond motifs is 1. The Morgan fingerprint density at radius 1 is 1.22 bits per heavy atom. The van der Waals surface area contributed by atoms with Crippen molar-refractivity contribution in [1.29, 1.82) is 0 Å². The predicted molar refractivity (Wildman–Crippen MR) is 99.0 cm³/mol. The monoisotopic (exact) mass is 369 g/mol. The Kier molecular flexibility index (Phi) is 4.55. The van der Waals surface area contributed by atoms with E-state index in [2.05, 4.69) is 10.3 Å². The maximum absolute atomic E-state index is 12.4. The van der Waals surface area contributed by atoms with Gasteiger partial charge in [0.05, 0.1) is 19.9 Å². The highest BCUT2D eigenvalue weighted by atomic mass is 16.5. The molecule has 0 bridgehead atoms. The van der Waals surface area contributed by atoms with Crippen molar-refractivity contribution in [3.63, 3.8) is 0 Å². The van der Waals surface area contributed by atoms with Gasteiger partial charge < -0.3 is 19.4 Å². The first-order valence-corrected chi connectivity index (χ1v) is 8.73. The molecule has 0 saturated heterocycles. The smallest absolute Gasteiger partial charge is 0.330 e. The van der Waals surface area contributed by atoms with Gasteiger partial charge in [-0.25, -0.2) is 4.79 Å². The Morgan fingerprint density at radius 2 is 2.04 bits per heavy atom. The number of anilines is 1. The highest BCUT2D eigenvalue weighted by Crippen LogP contribution is 2.15. The van der Waals surface area contributed by atoms with Crippen LogP contribution < -0.4 is 26.2 Å². The zero-order valence-electron chi connectivity index (χ0n) is 15.0. The third-order valence-electron chi connectivity index (χ3n) is 4.73. The molecule has 1 atom stereocenters. The van der Waals surface area contributed by atoms with Crippen LogP contribution in [0, 0.1) is 0 Å². The highest BCUT2D eigenvalue weighted by molar-refractivity contribution is 5.44. The molecule has 27 heavy (non-hydrogen) atoms. The number of aromatic nitrogens is 2. The summed E-state index contributed by atoms with van der Waals surface area (Å²) in [5.74, 6) is 2.20. The van der Waals surface area contributed by atoms with Gasteiger partial charge in [-0.15, -0.1) is 0 Å². The second kappa shape index (κ2) is 7.16. The third-order valence-corrected chi connectivity index (χ3v) is 4.73. The second-order valence-electron chi connectivity index (χ2n) is 6.56. The molecule has 0 fully saturated rings. The van der Waals surface area contributed by atoms with E-state index in [1.54, 1.807) is 17.9 Å². The number of furan rings is 1. The van der Waals surface area contributed by atoms with Crippen molar-refractivity contribution < 1.29 is 14.1 Å². The number of ether oxygens (including phenoxy) is 1. The SMILES string of the molecule is COc1ccc(Cn2c3c(c(=O)[nH]c2=O)C[NH+](Cc2ccco2)CN3)cc1. The highest BCUT2D eigenvalue weighted by Gasteiger charge is 2.26. The summed E-state index contributed by atoms with van der Waals surface area (Å²) in [5.41, 5.74) is 0.761. The Bertz CT molecular complexity index is 1040. The van der Waals surface area contributed by atoms with Gasteiger partial charge in [0, 0.05) is 0 Å². The number of rotatable bonds is 5. The van der Waals surface area contributed by atoms with E-state index in [4.69, 9.17) is 9.15 Å². The fraction of sp³-hybridized carbons (Fsp3) is 0.263. The first-order chi connectivity index (χ1) is 13.1. The summed E-state index contributed by atoms with van der Waals surface area (Å²) in [6, 6.07) is 11.3. The topological polar surface area (TPSA) is 93.7 Å². The summed E-state index contributed by atoms with van der Waals surface area (Å²) in [6.07, 6.45) is 1.64. The molecule has 0 spiro atoms. The van der Waals surface area contributed by atoms with E-state index in [1.165, 1.54) is 0 Å². The molecule has 2 aromatic heterocycles. The summed E-state index contributed by atoms with van der Waals surface area (Å²) >= 11 is 0. The van der Waals surface area contributed by atoms with Gasteiger partial charge in [0.2, 0.25) is 0 Å². The number of nitrogens with one attached hydrogen (secondary N) is 3. The van der Waals surface area contributed by atoms with Crippen molar-refractivity contribution in [3.05, 3.63) is 80.4 Å². The molecule has 3 heterocycles. The minimum Gasteiger partial charge on any atom is -0.497 e. The zero-order valence-corrected chi connectivity index (χ0v) is 15.0. The van der Waals surface area contributed by atoms with E-state index < -0.39 is 5.69 Å². The van der Waals surface area contributed by atoms with Crippen molar-refractivity contribution in [2.45, 2.75) is 19.6 Å². The lowest BCUT2D eigenvalue weighted by Crippen LogP contribution is -3.11. The number of aromatic amines is 1. The summed E-state index contributed by atoms with van der Waals surface area (Å²) in [6.45, 7) is 2.14. The maximum Gasteiger partial charge on any atom is 0.330 e. The normalized spacial score (nSPS) is 15.8. The first kappa shape index (κ1) is 17.2. The molecule has 0 radical (unpaired) electrons. The lowest BCUT2D eigenvalue weighted by Gasteiger charge is -2.27. The zero-order chi connectivity index (χ0) is 18.8. The average Bonchev–Trinajstić information content (AvgIpc) is 3.19. The lowest BCUT2D eigenvalue weighted by molar-refractivity contribution is -0.926. The Morgan fingerprint density at radius 3 is 2.74 bits per heavy atom. The molecule has 0 saturated carbocycles. The standard InChI is InChI=1S/C19H20N4O4/c1-26-14-6-4-13(5-7-14)9-23-17-16(18(24)21-19(23)25)11-22(12-20-17)10-15-3-2-8-27-15/h2-8,20H,9-12H2,1H3,(H,21,24,25)/p+1. The largest absolute Gasteiger partial charge is 0.497 e. The minimum absolute atomic E-state index is 0.342. The molecule has 8 heteroatoms. The van der Waals surface area contributed by atoms with E-state index in [1.807, 2.05) is 36.4 Å². The van der Waals surface area contributed by atoms with Crippen molar-refractivity contribution >= 4 is 5.82 Å². The second-order valence-corrected chi connectivity index (χ2v) is 6.56. The third kappa shape index (κ3) is 3.52. The van der Waals surface area contributed by atoms with Crippen LogP contribution in [0.3, 0.4) is 0 Å². The molecule has 1 aliphatic heterocycles. The molecule has 0 aliphatic carbocycles. The number of methoxy groups -OCH3 is 1. The summed E-state index contributed by atoms with van der Waals surface area (Å²) in [7, 11) is 1.61. The number of hydrogen-bond acceptors (Lipinski definition) is 5. The maximum atomic E-state index is 12.4. The number of H-pyrrole nitrogens is 1. The van der Waals surface area contributed by atoms with E-state index in [0.29, 0.717) is 37.7 Å². The fourth-order valence-corrected chi connectivity index (χ4v) is 3.35. The van der Waals surface area contributed by atoms with Gasteiger partial charge in [-0.3, -0.25) is 14.3 Å². The number of quaternary nitrogens is 1. The molecule has 3 aromatic rings. The molecule has 1 unspecified atom stereocenters. The van der Waals surface area contributed by atoms with Crippen molar-refractivity contribution in [3.8, 4) is 5.75 Å². The van der Waals surface area contributed by atoms with Crippen LogP contribution in [-0.2, 0) is 19.6 Å². The molecule has 3 N–H and O–H groups in total. The van der Waals surface area contributed by atoms with Crippen LogP contribution in [-0.4, -0.2) is 23.3 Å². The van der Waals surface area contributed by atoms with Crippen LogP contribution in [0.25, 0.3) is 0 Å². The van der Waals surface area contributed by atoms with Crippen LogP contribution in [0.5, 0.6) is 5.75 Å². The van der Waals surface area contributed by atoms with Crippen LogP contribution >= 0.6 is 0 Å². The van der Waals surface area contributed by atoms with E-state index in [-0.39, 0.29) is 5.56 Å². The molecule has 1 aliphatic rings. The quantitative estimate of drug-likeness (QED) is 0.596. The Hall–Kier alpha value is -3.26. The van der Waals surface area contributed by atoms with Gasteiger partial charge in [0.1, 0.15) is 30.2 Å². The Balaban J connectivity index is 1.62. The van der Waals surface area contributed by atoms with Crippen LogP contribution in [0.2, 0.25) is 0 Å². The summed E-state index contributed by atoms with van der Waals surface area (Å²) < 4.78 is 12.1.